The van der Waals surface area contributed by atoms with Crippen LogP contribution < -0.4 is 5.32 Å². The molecule has 0 aliphatic rings. The maximum atomic E-state index is 11.6. The van der Waals surface area contributed by atoms with E-state index < -0.39 is 0 Å². The maximum absolute atomic E-state index is 11.6. The van der Waals surface area contributed by atoms with Crippen LogP contribution in [0.5, 0.6) is 0 Å². The van der Waals surface area contributed by atoms with Gasteiger partial charge in [-0.05, 0) is 50.0 Å². The Labute approximate surface area is 163 Å². The van der Waals surface area contributed by atoms with Crippen molar-refractivity contribution in [3.8, 4) is 0 Å². The number of aryl methyl sites for hydroxylation is 1. The molecule has 0 saturated heterocycles. The smallest absolute Gasteiger partial charge is 0.337 e. The fourth-order valence-corrected chi connectivity index (χ4v) is 2.82. The minimum absolute atomic E-state index is 0.345. The van der Waals surface area contributed by atoms with Gasteiger partial charge in [-0.2, -0.15) is 0 Å². The number of hydrogen-bond acceptors (Lipinski definition) is 6. The molecule has 2 aromatic heterocycles. The van der Waals surface area contributed by atoms with Crippen molar-refractivity contribution in [2.45, 2.75) is 6.92 Å². The zero-order valence-corrected chi connectivity index (χ0v) is 15.8. The molecule has 3 rings (SSSR count). The molecular formula is C21H21N5O2. The number of imidazole rings is 1. The van der Waals surface area contributed by atoms with Crippen LogP contribution in [0.15, 0.2) is 64.7 Å². The van der Waals surface area contributed by atoms with Crippen molar-refractivity contribution in [3.63, 3.8) is 0 Å². The van der Waals surface area contributed by atoms with Gasteiger partial charge in [0.05, 0.1) is 29.8 Å². The number of fused-ring (bicyclic) bond motifs is 1. The molecule has 1 N–H and O–H groups in total. The highest BCUT2D eigenvalue weighted by molar-refractivity contribution is 5.90. The van der Waals surface area contributed by atoms with E-state index in [1.807, 2.05) is 41.8 Å². The summed E-state index contributed by atoms with van der Waals surface area (Å²) in [5.41, 5.74) is 4.56. The number of nitrogens with one attached hydrogen (secondary N) is 1. The molecule has 2 heterocycles. The zero-order valence-electron chi connectivity index (χ0n) is 15.8. The Bertz CT molecular complexity index is 1070. The van der Waals surface area contributed by atoms with Gasteiger partial charge in [0.25, 0.3) is 0 Å². The second-order valence-electron chi connectivity index (χ2n) is 5.92. The van der Waals surface area contributed by atoms with Gasteiger partial charge in [0.2, 0.25) is 0 Å². The number of nitrogens with zero attached hydrogens (tertiary/aromatic N) is 4. The summed E-state index contributed by atoms with van der Waals surface area (Å²) in [6.07, 6.45) is 5.41. The summed E-state index contributed by atoms with van der Waals surface area (Å²) in [6.45, 7) is 5.95. The molecule has 0 atom stereocenters. The molecule has 0 aliphatic heterocycles. The van der Waals surface area contributed by atoms with Gasteiger partial charge in [-0.25, -0.2) is 9.78 Å². The first-order valence-corrected chi connectivity index (χ1v) is 8.67. The number of allylic oxidation sites excluding steroid dienone is 1. The van der Waals surface area contributed by atoms with Gasteiger partial charge in [-0.3, -0.25) is 14.4 Å². The van der Waals surface area contributed by atoms with Crippen LogP contribution in [0.4, 0.5) is 5.69 Å². The van der Waals surface area contributed by atoms with Gasteiger partial charge in [-0.15, -0.1) is 0 Å². The Balaban J connectivity index is 1.70. The number of benzene rings is 1. The first-order valence-electron chi connectivity index (χ1n) is 8.67. The average molecular weight is 375 g/mol. The second kappa shape index (κ2) is 8.77. The molecule has 3 aromatic rings. The third-order valence-corrected chi connectivity index (χ3v) is 4.11. The van der Waals surface area contributed by atoms with Crippen LogP contribution in [0.2, 0.25) is 0 Å². The largest absolute Gasteiger partial charge is 0.465 e. The number of hydrogen-bond donors (Lipinski definition) is 1. The minimum atomic E-state index is -0.375. The van der Waals surface area contributed by atoms with Crippen molar-refractivity contribution < 1.29 is 9.53 Å². The standard InChI is InChI=1S/C21H21N5O2/c1-15-20(26-12-5-4-9-19(26)25-15)18(22-2)10-11-23-14-24-17-8-6-7-16(13-17)21(27)28-3/h4-13,24H,2,14H2,1,3H3/b18-10-,23-11-. The number of esters is 1. The number of pyridine rings is 1. The predicted molar refractivity (Wildman–Crippen MR) is 112 cm³/mol. The molecule has 28 heavy (non-hydrogen) atoms. The molecule has 0 fully saturated rings. The van der Waals surface area contributed by atoms with Gasteiger partial charge < -0.3 is 10.1 Å². The van der Waals surface area contributed by atoms with E-state index in [-0.39, 0.29) is 5.97 Å². The normalized spacial score (nSPS) is 11.7. The first kappa shape index (κ1) is 19.0. The monoisotopic (exact) mass is 375 g/mol. The summed E-state index contributed by atoms with van der Waals surface area (Å²) >= 11 is 0. The zero-order chi connectivity index (χ0) is 19.9. The summed E-state index contributed by atoms with van der Waals surface area (Å²) in [7, 11) is 1.36. The highest BCUT2D eigenvalue weighted by Gasteiger charge is 2.11. The number of rotatable bonds is 7. The lowest BCUT2D eigenvalue weighted by Gasteiger charge is -2.05. The lowest BCUT2D eigenvalue weighted by molar-refractivity contribution is 0.0601. The summed E-state index contributed by atoms with van der Waals surface area (Å²) in [5, 5.41) is 3.13. The van der Waals surface area contributed by atoms with Crippen molar-refractivity contribution in [1.29, 1.82) is 0 Å². The molecule has 142 valence electrons. The second-order valence-corrected chi connectivity index (χ2v) is 5.92. The minimum Gasteiger partial charge on any atom is -0.465 e. The van der Waals surface area contributed by atoms with Crippen LogP contribution in [-0.4, -0.2) is 42.1 Å². The first-order chi connectivity index (χ1) is 13.6. The highest BCUT2D eigenvalue weighted by Crippen LogP contribution is 2.21. The number of anilines is 1. The van der Waals surface area contributed by atoms with Gasteiger partial charge in [-0.1, -0.05) is 12.1 Å². The van der Waals surface area contributed by atoms with Crippen molar-refractivity contribution in [3.05, 3.63) is 71.7 Å². The molecule has 0 unspecified atom stereocenters. The molecule has 0 spiro atoms. The van der Waals surface area contributed by atoms with Crippen LogP contribution in [0.25, 0.3) is 11.3 Å². The van der Waals surface area contributed by atoms with Gasteiger partial charge >= 0.3 is 5.97 Å². The molecule has 0 amide bonds. The molecule has 1 aromatic carbocycles. The topological polar surface area (TPSA) is 80.3 Å². The van der Waals surface area contributed by atoms with E-state index in [0.29, 0.717) is 17.9 Å². The van der Waals surface area contributed by atoms with Crippen molar-refractivity contribution in [2.24, 2.45) is 9.98 Å². The van der Waals surface area contributed by atoms with Crippen LogP contribution in [0.3, 0.4) is 0 Å². The number of carbonyl (C=O) groups is 1. The Kier molecular flexibility index (Phi) is 5.96. The number of ether oxygens (including phenoxy) is 1. The molecular weight excluding hydrogens is 354 g/mol. The third-order valence-electron chi connectivity index (χ3n) is 4.11. The van der Waals surface area contributed by atoms with E-state index in [2.05, 4.69) is 27.0 Å². The average Bonchev–Trinajstić information content (AvgIpc) is 3.06. The van der Waals surface area contributed by atoms with E-state index in [1.54, 1.807) is 30.5 Å². The summed E-state index contributed by atoms with van der Waals surface area (Å²) < 4.78 is 6.69. The van der Waals surface area contributed by atoms with E-state index in [0.717, 1.165) is 22.7 Å². The maximum Gasteiger partial charge on any atom is 0.337 e. The molecule has 7 nitrogen and oxygen atoms in total. The third kappa shape index (κ3) is 4.15. The van der Waals surface area contributed by atoms with Crippen molar-refractivity contribution in [1.82, 2.24) is 9.38 Å². The predicted octanol–water partition coefficient (Wildman–Crippen LogP) is 3.61. The number of aromatic nitrogens is 2. The highest BCUT2D eigenvalue weighted by atomic mass is 16.5. The molecule has 0 saturated carbocycles. The van der Waals surface area contributed by atoms with Crippen LogP contribution in [0, 0.1) is 6.92 Å². The summed E-state index contributed by atoms with van der Waals surface area (Å²) in [5.74, 6) is -0.375. The van der Waals surface area contributed by atoms with E-state index in [4.69, 9.17) is 4.74 Å². The molecule has 0 bridgehead atoms. The van der Waals surface area contributed by atoms with E-state index in [9.17, 15) is 4.79 Å². The van der Waals surface area contributed by atoms with Gasteiger partial charge in [0.15, 0.2) is 0 Å². The Morgan fingerprint density at radius 2 is 2.18 bits per heavy atom. The summed E-state index contributed by atoms with van der Waals surface area (Å²) in [6, 6.07) is 12.9. The fourth-order valence-electron chi connectivity index (χ4n) is 2.82. The summed E-state index contributed by atoms with van der Waals surface area (Å²) in [4.78, 5) is 24.6. The Morgan fingerprint density at radius 3 is 2.96 bits per heavy atom. The number of aliphatic imine (C=N–C) groups is 2. The van der Waals surface area contributed by atoms with Gasteiger partial charge in [0.1, 0.15) is 12.3 Å². The fraction of sp³-hybridized carbons (Fsp3) is 0.143. The van der Waals surface area contributed by atoms with Crippen LogP contribution in [0.1, 0.15) is 21.7 Å². The van der Waals surface area contributed by atoms with Crippen molar-refractivity contribution in [2.75, 3.05) is 19.1 Å². The van der Waals surface area contributed by atoms with Gasteiger partial charge in [0, 0.05) is 18.1 Å². The van der Waals surface area contributed by atoms with Crippen LogP contribution >= 0.6 is 0 Å². The van der Waals surface area contributed by atoms with Crippen molar-refractivity contribution >= 4 is 35.9 Å². The number of carbonyl (C=O) groups excluding carboxylic acids is 1. The van der Waals surface area contributed by atoms with Crippen LogP contribution in [-0.2, 0) is 4.74 Å². The SMILES string of the molecule is C=N/C(=C\C=N/CNc1cccc(C(=O)OC)c1)c1c(C)nc2ccccn12. The quantitative estimate of drug-likeness (QED) is 0.505. The lowest BCUT2D eigenvalue weighted by Crippen LogP contribution is -2.03. The number of methoxy groups -OCH3 is 1. The Morgan fingerprint density at radius 1 is 1.32 bits per heavy atom. The molecule has 0 aliphatic carbocycles. The molecule has 0 radical (unpaired) electrons. The van der Waals surface area contributed by atoms with E-state index >= 15 is 0 Å². The molecule has 7 heteroatoms. The van der Waals surface area contributed by atoms with E-state index in [1.165, 1.54) is 7.11 Å². The lowest BCUT2D eigenvalue weighted by atomic mass is 10.2. The Hall–Kier alpha value is -3.74.